The Morgan fingerprint density at radius 1 is 1.25 bits per heavy atom. The number of anilines is 2. The van der Waals surface area contributed by atoms with Crippen LogP contribution in [0.4, 0.5) is 16.2 Å². The van der Waals surface area contributed by atoms with Crippen molar-refractivity contribution in [2.45, 2.75) is 0 Å². The maximum absolute atomic E-state index is 12.0. The Labute approximate surface area is 143 Å². The van der Waals surface area contributed by atoms with Crippen LogP contribution in [0.1, 0.15) is 0 Å². The van der Waals surface area contributed by atoms with Crippen LogP contribution in [0.15, 0.2) is 48.5 Å². The zero-order valence-electron chi connectivity index (χ0n) is 12.7. The number of hydrogen-bond donors (Lipinski definition) is 1. The molecule has 1 fully saturated rings. The van der Waals surface area contributed by atoms with Crippen molar-refractivity contribution in [2.75, 3.05) is 30.0 Å². The molecule has 1 heterocycles. The van der Waals surface area contributed by atoms with E-state index in [-0.39, 0.29) is 18.6 Å². The summed E-state index contributed by atoms with van der Waals surface area (Å²) < 4.78 is 10.3. The van der Waals surface area contributed by atoms with Crippen LogP contribution in [0, 0.1) is 0 Å². The second-order valence-electron chi connectivity index (χ2n) is 5.11. The van der Waals surface area contributed by atoms with Crippen molar-refractivity contribution in [3.63, 3.8) is 0 Å². The number of ether oxygens (including phenoxy) is 2. The molecule has 0 radical (unpaired) electrons. The summed E-state index contributed by atoms with van der Waals surface area (Å²) in [7, 11) is 0. The summed E-state index contributed by atoms with van der Waals surface area (Å²) in [6, 6.07) is 13.8. The van der Waals surface area contributed by atoms with E-state index in [1.165, 1.54) is 4.90 Å². The first-order valence-corrected chi connectivity index (χ1v) is 7.72. The van der Waals surface area contributed by atoms with Crippen LogP contribution in [0.5, 0.6) is 5.75 Å². The van der Waals surface area contributed by atoms with Gasteiger partial charge in [-0.15, -0.1) is 0 Å². The van der Waals surface area contributed by atoms with Crippen molar-refractivity contribution in [3.8, 4) is 5.75 Å². The Kier molecular flexibility index (Phi) is 4.86. The van der Waals surface area contributed by atoms with Gasteiger partial charge in [-0.2, -0.15) is 0 Å². The highest BCUT2D eigenvalue weighted by Gasteiger charge is 2.23. The van der Waals surface area contributed by atoms with Gasteiger partial charge in [0.1, 0.15) is 12.4 Å². The van der Waals surface area contributed by atoms with E-state index >= 15 is 0 Å². The highest BCUT2D eigenvalue weighted by atomic mass is 35.5. The molecular weight excluding hydrogens is 332 g/mol. The normalized spacial score (nSPS) is 13.5. The third kappa shape index (κ3) is 3.97. The van der Waals surface area contributed by atoms with Crippen molar-refractivity contribution in [1.82, 2.24) is 0 Å². The predicted octanol–water partition coefficient (Wildman–Crippen LogP) is 3.31. The van der Waals surface area contributed by atoms with Crippen LogP contribution in [0.3, 0.4) is 0 Å². The van der Waals surface area contributed by atoms with Gasteiger partial charge < -0.3 is 14.8 Å². The van der Waals surface area contributed by atoms with E-state index in [0.29, 0.717) is 35.3 Å². The number of cyclic esters (lactones) is 1. The third-order valence-corrected chi connectivity index (χ3v) is 3.64. The standard InChI is InChI=1S/C17H15ClN2O4/c18-12-4-6-15(7-5-12)24-11-16(21)19-13-2-1-3-14(10-13)20-8-9-23-17(20)22/h1-7,10H,8-9,11H2,(H,19,21). The number of halogens is 1. The van der Waals surface area contributed by atoms with E-state index in [9.17, 15) is 9.59 Å². The number of nitrogens with zero attached hydrogens (tertiary/aromatic N) is 1. The summed E-state index contributed by atoms with van der Waals surface area (Å²) in [6.07, 6.45) is -0.385. The van der Waals surface area contributed by atoms with Crippen molar-refractivity contribution in [3.05, 3.63) is 53.6 Å². The lowest BCUT2D eigenvalue weighted by Crippen LogP contribution is -2.24. The van der Waals surface area contributed by atoms with Crippen molar-refractivity contribution >= 4 is 35.0 Å². The molecule has 1 N–H and O–H groups in total. The SMILES string of the molecule is O=C(COc1ccc(Cl)cc1)Nc1cccc(N2CCOC2=O)c1. The first kappa shape index (κ1) is 16.1. The van der Waals surface area contributed by atoms with Gasteiger partial charge in [-0.1, -0.05) is 17.7 Å². The molecule has 0 unspecified atom stereocenters. The molecule has 0 bridgehead atoms. The van der Waals surface area contributed by atoms with E-state index in [4.69, 9.17) is 21.1 Å². The number of carbonyl (C=O) groups is 2. The van der Waals surface area contributed by atoms with Gasteiger partial charge in [0.05, 0.1) is 6.54 Å². The van der Waals surface area contributed by atoms with Gasteiger partial charge in [0.2, 0.25) is 0 Å². The van der Waals surface area contributed by atoms with Crippen LogP contribution < -0.4 is 15.0 Å². The highest BCUT2D eigenvalue weighted by molar-refractivity contribution is 6.30. The molecule has 0 atom stereocenters. The van der Waals surface area contributed by atoms with Crippen LogP contribution in [-0.4, -0.2) is 31.8 Å². The zero-order valence-corrected chi connectivity index (χ0v) is 13.5. The molecule has 124 valence electrons. The third-order valence-electron chi connectivity index (χ3n) is 3.39. The quantitative estimate of drug-likeness (QED) is 0.901. The molecule has 0 aromatic heterocycles. The monoisotopic (exact) mass is 346 g/mol. The average molecular weight is 347 g/mol. The van der Waals surface area contributed by atoms with E-state index in [2.05, 4.69) is 5.32 Å². The lowest BCUT2D eigenvalue weighted by atomic mass is 10.2. The molecule has 0 saturated carbocycles. The summed E-state index contributed by atoms with van der Waals surface area (Å²) in [4.78, 5) is 25.1. The molecule has 2 amide bonds. The number of carbonyl (C=O) groups excluding carboxylic acids is 2. The van der Waals surface area contributed by atoms with Crippen LogP contribution >= 0.6 is 11.6 Å². The van der Waals surface area contributed by atoms with Gasteiger partial charge in [0.15, 0.2) is 6.61 Å². The Morgan fingerprint density at radius 2 is 2.04 bits per heavy atom. The molecular formula is C17H15ClN2O4. The fourth-order valence-corrected chi connectivity index (χ4v) is 2.38. The number of amides is 2. The summed E-state index contributed by atoms with van der Waals surface area (Å²) >= 11 is 5.79. The molecule has 7 heteroatoms. The molecule has 3 rings (SSSR count). The number of rotatable bonds is 5. The number of nitrogens with one attached hydrogen (secondary N) is 1. The van der Waals surface area contributed by atoms with Gasteiger partial charge in [0.25, 0.3) is 5.91 Å². The Hall–Kier alpha value is -2.73. The van der Waals surface area contributed by atoms with Crippen LogP contribution in [-0.2, 0) is 9.53 Å². The van der Waals surface area contributed by atoms with E-state index in [0.717, 1.165) is 0 Å². The van der Waals surface area contributed by atoms with Gasteiger partial charge in [-0.3, -0.25) is 9.69 Å². The van der Waals surface area contributed by atoms with Crippen molar-refractivity contribution in [1.29, 1.82) is 0 Å². The second kappa shape index (κ2) is 7.23. The van der Waals surface area contributed by atoms with Crippen LogP contribution in [0.2, 0.25) is 5.02 Å². The molecule has 2 aromatic rings. The van der Waals surface area contributed by atoms with Gasteiger partial charge in [-0.05, 0) is 42.5 Å². The Morgan fingerprint density at radius 3 is 2.75 bits per heavy atom. The van der Waals surface area contributed by atoms with Gasteiger partial charge in [0, 0.05) is 16.4 Å². The zero-order chi connectivity index (χ0) is 16.9. The first-order valence-electron chi connectivity index (χ1n) is 7.34. The first-order chi connectivity index (χ1) is 11.6. The lowest BCUT2D eigenvalue weighted by Gasteiger charge is -2.14. The molecule has 0 aliphatic carbocycles. The molecule has 1 aliphatic heterocycles. The maximum Gasteiger partial charge on any atom is 0.414 e. The van der Waals surface area contributed by atoms with E-state index in [1.807, 2.05) is 0 Å². The largest absolute Gasteiger partial charge is 0.484 e. The lowest BCUT2D eigenvalue weighted by molar-refractivity contribution is -0.118. The fraction of sp³-hybridized carbons (Fsp3) is 0.176. The van der Waals surface area contributed by atoms with Crippen molar-refractivity contribution < 1.29 is 19.1 Å². The number of benzene rings is 2. The molecule has 1 saturated heterocycles. The topological polar surface area (TPSA) is 67.9 Å². The molecule has 6 nitrogen and oxygen atoms in total. The Balaban J connectivity index is 1.58. The molecule has 1 aliphatic rings. The Bertz CT molecular complexity index is 749. The van der Waals surface area contributed by atoms with Gasteiger partial charge in [-0.25, -0.2) is 4.79 Å². The minimum absolute atomic E-state index is 0.127. The molecule has 24 heavy (non-hydrogen) atoms. The van der Waals surface area contributed by atoms with E-state index in [1.54, 1.807) is 48.5 Å². The predicted molar refractivity (Wildman–Crippen MR) is 90.7 cm³/mol. The highest BCUT2D eigenvalue weighted by Crippen LogP contribution is 2.22. The van der Waals surface area contributed by atoms with Crippen molar-refractivity contribution in [2.24, 2.45) is 0 Å². The molecule has 0 spiro atoms. The minimum atomic E-state index is -0.385. The minimum Gasteiger partial charge on any atom is -0.484 e. The molecule has 2 aromatic carbocycles. The van der Waals surface area contributed by atoms with E-state index < -0.39 is 0 Å². The maximum atomic E-state index is 12.0. The smallest absolute Gasteiger partial charge is 0.414 e. The summed E-state index contributed by atoms with van der Waals surface area (Å²) in [6.45, 7) is 0.734. The fourth-order valence-electron chi connectivity index (χ4n) is 2.26. The summed E-state index contributed by atoms with van der Waals surface area (Å²) in [5, 5.41) is 3.33. The second-order valence-corrected chi connectivity index (χ2v) is 5.54. The van der Waals surface area contributed by atoms with Crippen LogP contribution in [0.25, 0.3) is 0 Å². The summed E-state index contributed by atoms with van der Waals surface area (Å²) in [5.41, 5.74) is 1.26. The number of hydrogen-bond acceptors (Lipinski definition) is 4. The summed E-state index contributed by atoms with van der Waals surface area (Å²) in [5.74, 6) is 0.259. The average Bonchev–Trinajstić information content (AvgIpc) is 3.01. The van der Waals surface area contributed by atoms with Gasteiger partial charge >= 0.3 is 6.09 Å².